The van der Waals surface area contributed by atoms with E-state index in [0.29, 0.717) is 19.3 Å². The molecular formula is C77H140O6. The molecule has 0 aliphatic heterocycles. The highest BCUT2D eigenvalue weighted by atomic mass is 16.6. The third kappa shape index (κ3) is 69.8. The van der Waals surface area contributed by atoms with Gasteiger partial charge >= 0.3 is 17.9 Å². The summed E-state index contributed by atoms with van der Waals surface area (Å²) in [6, 6.07) is 0. The van der Waals surface area contributed by atoms with Gasteiger partial charge in [-0.15, -0.1) is 0 Å². The molecule has 1 atom stereocenters. The lowest BCUT2D eigenvalue weighted by molar-refractivity contribution is -0.167. The smallest absolute Gasteiger partial charge is 0.306 e. The summed E-state index contributed by atoms with van der Waals surface area (Å²) in [5, 5.41) is 0. The Morgan fingerprint density at radius 2 is 0.470 bits per heavy atom. The largest absolute Gasteiger partial charge is 0.462 e. The van der Waals surface area contributed by atoms with E-state index in [1.54, 1.807) is 0 Å². The van der Waals surface area contributed by atoms with E-state index in [1.165, 1.54) is 263 Å². The minimum absolute atomic E-state index is 0.0676. The van der Waals surface area contributed by atoms with Crippen LogP contribution in [0.25, 0.3) is 0 Å². The molecule has 0 heterocycles. The second-order valence-corrected chi connectivity index (χ2v) is 24.8. The first kappa shape index (κ1) is 80.1. The molecule has 6 heteroatoms. The normalized spacial score (nSPS) is 12.4. The van der Waals surface area contributed by atoms with E-state index in [0.717, 1.165) is 89.9 Å². The quantitative estimate of drug-likeness (QED) is 0.0261. The summed E-state index contributed by atoms with van der Waals surface area (Å²) in [6.45, 7) is 6.57. The molecule has 0 fully saturated rings. The average Bonchev–Trinajstić information content (AvgIpc) is 3.49. The first-order valence-electron chi connectivity index (χ1n) is 36.8. The molecule has 1 unspecified atom stereocenters. The summed E-state index contributed by atoms with van der Waals surface area (Å²) in [6.07, 6.45) is 92.9. The lowest BCUT2D eigenvalue weighted by Gasteiger charge is -2.18. The van der Waals surface area contributed by atoms with Crippen molar-refractivity contribution in [1.82, 2.24) is 0 Å². The third-order valence-corrected chi connectivity index (χ3v) is 16.5. The van der Waals surface area contributed by atoms with Crippen LogP contribution >= 0.6 is 0 Å². The summed E-state index contributed by atoms with van der Waals surface area (Å²) in [4.78, 5) is 38.3. The minimum Gasteiger partial charge on any atom is -0.462 e. The molecule has 6 nitrogen and oxygen atoms in total. The van der Waals surface area contributed by atoms with Gasteiger partial charge in [0.05, 0.1) is 0 Å². The van der Waals surface area contributed by atoms with Crippen LogP contribution in [0.1, 0.15) is 393 Å². The van der Waals surface area contributed by atoms with Gasteiger partial charge in [0, 0.05) is 19.3 Å². The third-order valence-electron chi connectivity index (χ3n) is 16.5. The number of carbonyl (C=O) groups excluding carboxylic acids is 3. The van der Waals surface area contributed by atoms with Crippen LogP contribution in [0.2, 0.25) is 0 Å². The van der Waals surface area contributed by atoms with Crippen LogP contribution in [0, 0.1) is 0 Å². The Morgan fingerprint density at radius 1 is 0.253 bits per heavy atom. The first-order chi connectivity index (χ1) is 41.0. The lowest BCUT2D eigenvalue weighted by Crippen LogP contribution is -2.30. The Kier molecular flexibility index (Phi) is 69.1. The van der Waals surface area contributed by atoms with Crippen molar-refractivity contribution in [2.24, 2.45) is 0 Å². The Balaban J connectivity index is 4.05. The topological polar surface area (TPSA) is 78.9 Å². The van der Waals surface area contributed by atoms with Gasteiger partial charge in [0.25, 0.3) is 0 Å². The molecule has 0 N–H and O–H groups in total. The zero-order valence-electron chi connectivity index (χ0n) is 55.7. The van der Waals surface area contributed by atoms with Crippen molar-refractivity contribution in [2.75, 3.05) is 13.2 Å². The fourth-order valence-corrected chi connectivity index (χ4v) is 11.1. The van der Waals surface area contributed by atoms with Crippen LogP contribution in [0.3, 0.4) is 0 Å². The molecule has 83 heavy (non-hydrogen) atoms. The molecule has 0 aliphatic carbocycles. The Labute approximate surface area is 517 Å². The van der Waals surface area contributed by atoms with E-state index in [4.69, 9.17) is 14.2 Å². The highest BCUT2D eigenvalue weighted by molar-refractivity contribution is 5.71. The summed E-state index contributed by atoms with van der Waals surface area (Å²) >= 11 is 0. The van der Waals surface area contributed by atoms with E-state index >= 15 is 0 Å². The molecule has 484 valence electrons. The Morgan fingerprint density at radius 3 is 0.735 bits per heavy atom. The summed E-state index contributed by atoms with van der Waals surface area (Å²) in [5.74, 6) is -0.845. The van der Waals surface area contributed by atoms with Crippen molar-refractivity contribution in [2.45, 2.75) is 399 Å². The second-order valence-electron chi connectivity index (χ2n) is 24.8. The highest BCUT2D eigenvalue weighted by Gasteiger charge is 2.19. The van der Waals surface area contributed by atoms with Crippen molar-refractivity contribution in [3.05, 3.63) is 60.8 Å². The summed E-state index contributed by atoms with van der Waals surface area (Å²) in [5.41, 5.74) is 0. The number of hydrogen-bond donors (Lipinski definition) is 0. The molecule has 0 aromatic carbocycles. The molecule has 0 aliphatic rings. The maximum absolute atomic E-state index is 12.9. The number of carbonyl (C=O) groups is 3. The molecule has 0 amide bonds. The monoisotopic (exact) mass is 1160 g/mol. The van der Waals surface area contributed by atoms with Crippen molar-refractivity contribution < 1.29 is 28.6 Å². The van der Waals surface area contributed by atoms with Gasteiger partial charge in [-0.1, -0.05) is 370 Å². The highest BCUT2D eigenvalue weighted by Crippen LogP contribution is 2.19. The van der Waals surface area contributed by atoms with Crippen LogP contribution in [-0.2, 0) is 28.6 Å². The molecule has 0 saturated carbocycles. The molecule has 0 bridgehead atoms. The lowest BCUT2D eigenvalue weighted by atomic mass is 10.0. The molecule has 0 aromatic rings. The summed E-state index contributed by atoms with van der Waals surface area (Å²) < 4.78 is 16.9. The van der Waals surface area contributed by atoms with Gasteiger partial charge in [-0.3, -0.25) is 14.4 Å². The molecular weight excluding hydrogens is 1020 g/mol. The van der Waals surface area contributed by atoms with E-state index in [2.05, 4.69) is 81.5 Å². The number of esters is 3. The minimum atomic E-state index is -0.769. The van der Waals surface area contributed by atoms with E-state index < -0.39 is 6.10 Å². The first-order valence-corrected chi connectivity index (χ1v) is 36.8. The Bertz CT molecular complexity index is 1470. The summed E-state index contributed by atoms with van der Waals surface area (Å²) in [7, 11) is 0. The van der Waals surface area contributed by atoms with Crippen molar-refractivity contribution in [3.8, 4) is 0 Å². The number of hydrogen-bond acceptors (Lipinski definition) is 6. The molecule has 0 saturated heterocycles. The standard InChI is InChI=1S/C77H140O6/c1-4-7-10-13-16-19-21-23-25-27-29-31-33-35-37-38-39-40-41-43-44-46-48-50-52-54-56-58-61-64-67-70-76(79)82-73-74(72-81-75(78)69-66-63-60-18-15-12-9-6-3)83-77(80)71-68-65-62-59-57-55-53-51-49-47-45-42-36-34-32-30-28-26-24-22-20-17-14-11-8-5-2/h7,10,16,19,23,25,29,31,35,37,74H,4-6,8-9,11-15,17-18,20-22,24,26-28,30,32-34,36,38-73H2,1-3H3/b10-7-,19-16-,25-23-,31-29-,37-35-. The molecule has 0 radical (unpaired) electrons. The maximum atomic E-state index is 12.9. The number of ether oxygens (including phenoxy) is 3. The zero-order valence-corrected chi connectivity index (χ0v) is 55.7. The average molecular weight is 1160 g/mol. The molecule has 0 spiro atoms. The van der Waals surface area contributed by atoms with Crippen LogP contribution in [-0.4, -0.2) is 37.2 Å². The number of rotatable bonds is 68. The van der Waals surface area contributed by atoms with Gasteiger partial charge in [-0.25, -0.2) is 0 Å². The van der Waals surface area contributed by atoms with Crippen LogP contribution in [0.5, 0.6) is 0 Å². The Hall–Kier alpha value is -2.89. The van der Waals surface area contributed by atoms with E-state index in [9.17, 15) is 14.4 Å². The fraction of sp³-hybridized carbons (Fsp3) is 0.831. The zero-order chi connectivity index (χ0) is 59.9. The SMILES string of the molecule is CC/C=C\C/C=C\C/C=C\C/C=C\C/C=C\CCCCCCCCCCCCCCCCCC(=O)OCC(COC(=O)CCCCCCCCCC)OC(=O)CCCCCCCCCCCCCCCCCCCCCCCCCCCC. The predicted molar refractivity (Wildman–Crippen MR) is 362 cm³/mol. The van der Waals surface area contributed by atoms with E-state index in [1.807, 2.05) is 0 Å². The van der Waals surface area contributed by atoms with Gasteiger partial charge in [0.1, 0.15) is 13.2 Å². The van der Waals surface area contributed by atoms with Gasteiger partial charge < -0.3 is 14.2 Å². The molecule has 0 aromatic heterocycles. The van der Waals surface area contributed by atoms with Gasteiger partial charge in [-0.2, -0.15) is 0 Å². The maximum Gasteiger partial charge on any atom is 0.306 e. The molecule has 0 rings (SSSR count). The van der Waals surface area contributed by atoms with Crippen LogP contribution in [0.4, 0.5) is 0 Å². The van der Waals surface area contributed by atoms with Gasteiger partial charge in [0.15, 0.2) is 6.10 Å². The van der Waals surface area contributed by atoms with Crippen LogP contribution < -0.4 is 0 Å². The van der Waals surface area contributed by atoms with Gasteiger partial charge in [-0.05, 0) is 64.2 Å². The fourth-order valence-electron chi connectivity index (χ4n) is 11.1. The predicted octanol–water partition coefficient (Wildman–Crippen LogP) is 25.5. The van der Waals surface area contributed by atoms with Crippen LogP contribution in [0.15, 0.2) is 60.8 Å². The van der Waals surface area contributed by atoms with Crippen molar-refractivity contribution in [3.63, 3.8) is 0 Å². The van der Waals surface area contributed by atoms with Gasteiger partial charge in [0.2, 0.25) is 0 Å². The number of allylic oxidation sites excluding steroid dienone is 10. The number of unbranched alkanes of at least 4 members (excludes halogenated alkanes) is 47. The second kappa shape index (κ2) is 71.6. The van der Waals surface area contributed by atoms with Crippen molar-refractivity contribution in [1.29, 1.82) is 0 Å². The van der Waals surface area contributed by atoms with Crippen molar-refractivity contribution >= 4 is 17.9 Å². The van der Waals surface area contributed by atoms with E-state index in [-0.39, 0.29) is 31.1 Å².